The average molecular weight is 347 g/mol. The number of amides is 1. The third-order valence-corrected chi connectivity index (χ3v) is 5.12. The summed E-state index contributed by atoms with van der Waals surface area (Å²) >= 11 is 0. The highest BCUT2D eigenvalue weighted by Gasteiger charge is 2.37. The fraction of sp³-hybridized carbons (Fsp3) is 0.625. The van der Waals surface area contributed by atoms with Crippen LogP contribution in [0.2, 0.25) is 0 Å². The maximum Gasteiger partial charge on any atom is 0.311 e. The summed E-state index contributed by atoms with van der Waals surface area (Å²) in [5.41, 5.74) is 0.999. The van der Waals surface area contributed by atoms with Gasteiger partial charge in [-0.05, 0) is 25.9 Å². The number of ether oxygens (including phenoxy) is 1. The fourth-order valence-corrected chi connectivity index (χ4v) is 3.79. The van der Waals surface area contributed by atoms with Crippen molar-refractivity contribution in [2.75, 3.05) is 44.3 Å². The summed E-state index contributed by atoms with van der Waals surface area (Å²) in [5, 5.41) is 14.8. The molecule has 9 nitrogen and oxygen atoms in total. The summed E-state index contributed by atoms with van der Waals surface area (Å²) in [6.45, 7) is 4.28. The minimum Gasteiger partial charge on any atom is -0.378 e. The summed E-state index contributed by atoms with van der Waals surface area (Å²) in [6.07, 6.45) is 1.80. The monoisotopic (exact) mass is 347 g/mol. The molecule has 25 heavy (non-hydrogen) atoms. The van der Waals surface area contributed by atoms with E-state index in [4.69, 9.17) is 4.74 Å². The van der Waals surface area contributed by atoms with E-state index in [-0.39, 0.29) is 23.5 Å². The Balaban J connectivity index is 1.67. The van der Waals surface area contributed by atoms with E-state index in [0.29, 0.717) is 44.1 Å². The van der Waals surface area contributed by atoms with Crippen molar-refractivity contribution in [2.24, 2.45) is 0 Å². The Hall–Kier alpha value is -2.26. The van der Waals surface area contributed by atoms with Crippen molar-refractivity contribution in [3.05, 3.63) is 27.4 Å². The van der Waals surface area contributed by atoms with E-state index in [2.05, 4.69) is 10.3 Å². The van der Waals surface area contributed by atoms with E-state index in [1.807, 2.05) is 9.80 Å². The second kappa shape index (κ2) is 6.57. The second-order valence-corrected chi connectivity index (χ2v) is 6.61. The first-order valence-electron chi connectivity index (χ1n) is 8.68. The van der Waals surface area contributed by atoms with Gasteiger partial charge in [0.25, 0.3) is 5.91 Å². The van der Waals surface area contributed by atoms with Gasteiger partial charge in [-0.25, -0.2) is 4.98 Å². The highest BCUT2D eigenvalue weighted by molar-refractivity contribution is 5.97. The van der Waals surface area contributed by atoms with Crippen molar-refractivity contribution in [2.45, 2.75) is 25.4 Å². The molecule has 134 valence electrons. The van der Waals surface area contributed by atoms with Crippen molar-refractivity contribution in [1.29, 1.82) is 0 Å². The van der Waals surface area contributed by atoms with Crippen LogP contribution in [-0.4, -0.2) is 66.1 Å². The van der Waals surface area contributed by atoms with Crippen LogP contribution in [0.25, 0.3) is 0 Å². The van der Waals surface area contributed by atoms with Gasteiger partial charge < -0.3 is 19.9 Å². The molecule has 0 saturated carbocycles. The van der Waals surface area contributed by atoms with Gasteiger partial charge in [0.2, 0.25) is 5.82 Å². The molecule has 0 aromatic carbocycles. The maximum atomic E-state index is 12.8. The van der Waals surface area contributed by atoms with E-state index in [1.165, 1.54) is 6.07 Å². The van der Waals surface area contributed by atoms with Crippen LogP contribution in [0, 0.1) is 10.1 Å². The minimum atomic E-state index is -0.407. The number of rotatable bonds is 3. The van der Waals surface area contributed by atoms with Gasteiger partial charge in [0.1, 0.15) is 5.69 Å². The number of piperidine rings is 1. The molecule has 2 fully saturated rings. The van der Waals surface area contributed by atoms with Crippen LogP contribution >= 0.6 is 0 Å². The van der Waals surface area contributed by atoms with Gasteiger partial charge >= 0.3 is 5.69 Å². The number of hydrogen-bond donors (Lipinski definition) is 1. The molecule has 1 aromatic rings. The number of carbonyl (C=O) groups excluding carboxylic acids is 1. The predicted molar refractivity (Wildman–Crippen MR) is 89.7 cm³/mol. The molecule has 1 aromatic heterocycles. The molecule has 3 aliphatic heterocycles. The third-order valence-electron chi connectivity index (χ3n) is 5.12. The quantitative estimate of drug-likeness (QED) is 0.629. The van der Waals surface area contributed by atoms with Crippen molar-refractivity contribution in [3.63, 3.8) is 0 Å². The second-order valence-electron chi connectivity index (χ2n) is 6.61. The molecule has 0 radical (unpaired) electrons. The standard InChI is InChI=1S/C16H21N5O4/c22-16-14-11(10-20(16)12-1-3-17-4-2-12)9-13(21(23)24)15(18-14)19-5-7-25-8-6-19/h9,12,17H,1-8,10H2. The van der Waals surface area contributed by atoms with Crippen LogP contribution in [0.4, 0.5) is 11.5 Å². The Bertz CT molecular complexity index is 698. The van der Waals surface area contributed by atoms with Crippen LogP contribution in [0.3, 0.4) is 0 Å². The number of nitrogens with one attached hydrogen (secondary N) is 1. The fourth-order valence-electron chi connectivity index (χ4n) is 3.79. The zero-order valence-electron chi connectivity index (χ0n) is 13.9. The van der Waals surface area contributed by atoms with Gasteiger partial charge in [-0.2, -0.15) is 0 Å². The summed E-state index contributed by atoms with van der Waals surface area (Å²) in [4.78, 5) is 32.1. The summed E-state index contributed by atoms with van der Waals surface area (Å²) in [7, 11) is 0. The highest BCUT2D eigenvalue weighted by atomic mass is 16.6. The number of carbonyl (C=O) groups is 1. The predicted octanol–water partition coefficient (Wildman–Crippen LogP) is 0.534. The molecule has 1 N–H and O–H groups in total. The van der Waals surface area contributed by atoms with E-state index < -0.39 is 4.92 Å². The number of nitrogens with zero attached hydrogens (tertiary/aromatic N) is 4. The van der Waals surface area contributed by atoms with Crippen LogP contribution in [0.5, 0.6) is 0 Å². The van der Waals surface area contributed by atoms with Gasteiger partial charge in [-0.1, -0.05) is 0 Å². The highest BCUT2D eigenvalue weighted by Crippen LogP contribution is 2.34. The molecule has 0 spiro atoms. The Kier molecular flexibility index (Phi) is 4.26. The number of fused-ring (bicyclic) bond motifs is 1. The topological polar surface area (TPSA) is 101 Å². The molecular weight excluding hydrogens is 326 g/mol. The van der Waals surface area contributed by atoms with Gasteiger partial charge in [-0.15, -0.1) is 0 Å². The first-order valence-corrected chi connectivity index (χ1v) is 8.68. The van der Waals surface area contributed by atoms with Crippen molar-refractivity contribution >= 4 is 17.4 Å². The number of pyridine rings is 1. The normalized spacial score (nSPS) is 21.5. The SMILES string of the molecule is O=C1c2nc(N3CCOCC3)c([N+](=O)[O-])cc2CN1C1CCNCC1. The van der Waals surface area contributed by atoms with Gasteiger partial charge in [-0.3, -0.25) is 14.9 Å². The zero-order chi connectivity index (χ0) is 17.4. The minimum absolute atomic E-state index is 0.0272. The molecule has 0 atom stereocenters. The van der Waals surface area contributed by atoms with E-state index in [1.54, 1.807) is 0 Å². The van der Waals surface area contributed by atoms with Crippen LogP contribution in [0.1, 0.15) is 28.9 Å². The number of morpholine rings is 1. The molecule has 3 aliphatic rings. The summed E-state index contributed by atoms with van der Waals surface area (Å²) in [5.74, 6) is 0.180. The van der Waals surface area contributed by atoms with Gasteiger partial charge in [0.05, 0.1) is 18.1 Å². The maximum absolute atomic E-state index is 12.8. The molecule has 0 aliphatic carbocycles. The Morgan fingerprint density at radius 1 is 1.28 bits per heavy atom. The summed E-state index contributed by atoms with van der Waals surface area (Å²) < 4.78 is 5.31. The van der Waals surface area contributed by atoms with Crippen LogP contribution in [0.15, 0.2) is 6.07 Å². The first-order chi connectivity index (χ1) is 12.1. The zero-order valence-corrected chi connectivity index (χ0v) is 13.9. The molecular formula is C16H21N5O4. The lowest BCUT2D eigenvalue weighted by molar-refractivity contribution is -0.384. The molecule has 9 heteroatoms. The van der Waals surface area contributed by atoms with Gasteiger partial charge in [0, 0.05) is 37.3 Å². The lowest BCUT2D eigenvalue weighted by Gasteiger charge is -2.31. The number of hydrogen-bond acceptors (Lipinski definition) is 7. The number of anilines is 1. The van der Waals surface area contributed by atoms with Gasteiger partial charge in [0.15, 0.2) is 0 Å². The van der Waals surface area contributed by atoms with Crippen molar-refractivity contribution in [3.8, 4) is 0 Å². The third kappa shape index (κ3) is 2.93. The van der Waals surface area contributed by atoms with Crippen LogP contribution in [-0.2, 0) is 11.3 Å². The first kappa shape index (κ1) is 16.2. The molecule has 1 amide bonds. The van der Waals surface area contributed by atoms with Crippen molar-refractivity contribution in [1.82, 2.24) is 15.2 Å². The Morgan fingerprint density at radius 2 is 2.00 bits per heavy atom. The van der Waals surface area contributed by atoms with E-state index in [9.17, 15) is 14.9 Å². The van der Waals surface area contributed by atoms with Crippen LogP contribution < -0.4 is 10.2 Å². The molecule has 4 rings (SSSR count). The Labute approximate surface area is 145 Å². The largest absolute Gasteiger partial charge is 0.378 e. The number of aromatic nitrogens is 1. The molecule has 4 heterocycles. The lowest BCUT2D eigenvalue weighted by atomic mass is 10.1. The van der Waals surface area contributed by atoms with Crippen molar-refractivity contribution < 1.29 is 14.5 Å². The molecule has 0 bridgehead atoms. The Morgan fingerprint density at radius 3 is 2.68 bits per heavy atom. The number of nitro groups is 1. The smallest absolute Gasteiger partial charge is 0.311 e. The van der Waals surface area contributed by atoms with E-state index >= 15 is 0 Å². The van der Waals surface area contributed by atoms with E-state index in [0.717, 1.165) is 25.9 Å². The lowest BCUT2D eigenvalue weighted by Crippen LogP contribution is -2.43. The summed E-state index contributed by atoms with van der Waals surface area (Å²) in [6, 6.07) is 1.71. The average Bonchev–Trinajstić information content (AvgIpc) is 2.98. The molecule has 2 saturated heterocycles. The molecule has 0 unspecified atom stereocenters.